The lowest BCUT2D eigenvalue weighted by atomic mass is 10.1. The SMILES string of the molecule is CCOc1cccc(N2CC(CC)NCC2CC)n1. The smallest absolute Gasteiger partial charge is 0.215 e. The molecule has 2 heterocycles. The molecule has 4 nitrogen and oxygen atoms in total. The van der Waals surface area contributed by atoms with Crippen molar-refractivity contribution in [1.29, 1.82) is 0 Å². The molecule has 0 bridgehead atoms. The summed E-state index contributed by atoms with van der Waals surface area (Å²) in [5, 5.41) is 3.61. The molecule has 1 fully saturated rings. The van der Waals surface area contributed by atoms with E-state index in [1.807, 2.05) is 19.1 Å². The van der Waals surface area contributed by atoms with Crippen LogP contribution in [0.4, 0.5) is 5.82 Å². The molecule has 2 rings (SSSR count). The fraction of sp³-hybridized carbons (Fsp3) is 0.667. The van der Waals surface area contributed by atoms with Crippen molar-refractivity contribution in [2.24, 2.45) is 0 Å². The third-order valence-electron chi connectivity index (χ3n) is 3.76. The summed E-state index contributed by atoms with van der Waals surface area (Å²) in [5.74, 6) is 1.76. The average Bonchev–Trinajstić information content (AvgIpc) is 2.47. The molecule has 1 aromatic rings. The fourth-order valence-electron chi connectivity index (χ4n) is 2.57. The minimum Gasteiger partial charge on any atom is -0.478 e. The Bertz CT molecular complexity index is 397. The number of hydrogen-bond acceptors (Lipinski definition) is 4. The predicted octanol–water partition coefficient (Wildman–Crippen LogP) is 2.45. The maximum Gasteiger partial charge on any atom is 0.215 e. The lowest BCUT2D eigenvalue weighted by Crippen LogP contribution is -2.56. The summed E-state index contributed by atoms with van der Waals surface area (Å²) in [6.45, 7) is 9.17. The molecule has 106 valence electrons. The lowest BCUT2D eigenvalue weighted by Gasteiger charge is -2.40. The number of aromatic nitrogens is 1. The predicted molar refractivity (Wildman–Crippen MR) is 78.9 cm³/mol. The average molecular weight is 263 g/mol. The van der Waals surface area contributed by atoms with E-state index in [9.17, 15) is 0 Å². The van der Waals surface area contributed by atoms with Crippen LogP contribution in [0.25, 0.3) is 0 Å². The van der Waals surface area contributed by atoms with Crippen LogP contribution in [0, 0.1) is 0 Å². The van der Waals surface area contributed by atoms with E-state index >= 15 is 0 Å². The second-order valence-electron chi connectivity index (χ2n) is 4.99. The first-order chi connectivity index (χ1) is 9.28. The van der Waals surface area contributed by atoms with Crippen molar-refractivity contribution in [3.63, 3.8) is 0 Å². The summed E-state index contributed by atoms with van der Waals surface area (Å²) in [4.78, 5) is 7.05. The first-order valence-corrected chi connectivity index (χ1v) is 7.38. The topological polar surface area (TPSA) is 37.4 Å². The molecular formula is C15H25N3O. The van der Waals surface area contributed by atoms with Crippen LogP contribution in [-0.4, -0.2) is 36.8 Å². The van der Waals surface area contributed by atoms with E-state index in [1.54, 1.807) is 0 Å². The molecule has 0 aliphatic carbocycles. The van der Waals surface area contributed by atoms with Crippen molar-refractivity contribution < 1.29 is 4.74 Å². The van der Waals surface area contributed by atoms with Crippen molar-refractivity contribution in [2.45, 2.75) is 45.7 Å². The molecule has 4 heteroatoms. The third kappa shape index (κ3) is 3.38. The first-order valence-electron chi connectivity index (χ1n) is 7.38. The molecule has 1 N–H and O–H groups in total. The zero-order valence-electron chi connectivity index (χ0n) is 12.2. The van der Waals surface area contributed by atoms with Gasteiger partial charge in [0.1, 0.15) is 5.82 Å². The highest BCUT2D eigenvalue weighted by Crippen LogP contribution is 2.22. The maximum absolute atomic E-state index is 5.51. The Morgan fingerprint density at radius 1 is 1.32 bits per heavy atom. The van der Waals surface area contributed by atoms with Gasteiger partial charge >= 0.3 is 0 Å². The molecule has 0 amide bonds. The largest absolute Gasteiger partial charge is 0.478 e. The van der Waals surface area contributed by atoms with Gasteiger partial charge in [-0.25, -0.2) is 0 Å². The number of anilines is 1. The van der Waals surface area contributed by atoms with Gasteiger partial charge in [-0.2, -0.15) is 4.98 Å². The van der Waals surface area contributed by atoms with Crippen molar-refractivity contribution in [2.75, 3.05) is 24.6 Å². The number of hydrogen-bond donors (Lipinski definition) is 1. The lowest BCUT2D eigenvalue weighted by molar-refractivity contribution is 0.325. The number of ether oxygens (including phenoxy) is 1. The van der Waals surface area contributed by atoms with Gasteiger partial charge in [-0.15, -0.1) is 0 Å². The fourth-order valence-corrected chi connectivity index (χ4v) is 2.57. The quantitative estimate of drug-likeness (QED) is 0.885. The highest BCUT2D eigenvalue weighted by atomic mass is 16.5. The standard InChI is InChI=1S/C15H25N3O/c1-4-12-11-18(13(5-2)10-16-12)14-8-7-9-15(17-14)19-6-3/h7-9,12-13,16H,4-6,10-11H2,1-3H3. The Kier molecular flexibility index (Phi) is 5.02. The first kappa shape index (κ1) is 14.1. The van der Waals surface area contributed by atoms with E-state index in [0.29, 0.717) is 18.7 Å². The van der Waals surface area contributed by atoms with E-state index in [0.717, 1.165) is 37.6 Å². The summed E-state index contributed by atoms with van der Waals surface area (Å²) in [6, 6.07) is 7.12. The van der Waals surface area contributed by atoms with Crippen molar-refractivity contribution in [3.8, 4) is 5.88 Å². The second kappa shape index (κ2) is 6.75. The summed E-state index contributed by atoms with van der Waals surface area (Å²) in [7, 11) is 0. The van der Waals surface area contributed by atoms with Crippen molar-refractivity contribution in [3.05, 3.63) is 18.2 Å². The number of nitrogens with zero attached hydrogens (tertiary/aromatic N) is 2. The van der Waals surface area contributed by atoms with Crippen LogP contribution in [0.2, 0.25) is 0 Å². The van der Waals surface area contributed by atoms with Gasteiger partial charge in [-0.3, -0.25) is 0 Å². The van der Waals surface area contributed by atoms with Gasteiger partial charge in [0.2, 0.25) is 5.88 Å². The van der Waals surface area contributed by atoms with Crippen LogP contribution in [0.5, 0.6) is 5.88 Å². The number of pyridine rings is 1. The van der Waals surface area contributed by atoms with Crippen LogP contribution < -0.4 is 15.0 Å². The van der Waals surface area contributed by atoms with Gasteiger partial charge in [0.25, 0.3) is 0 Å². The zero-order chi connectivity index (χ0) is 13.7. The van der Waals surface area contributed by atoms with E-state index in [-0.39, 0.29) is 0 Å². The maximum atomic E-state index is 5.51. The van der Waals surface area contributed by atoms with Crippen LogP contribution >= 0.6 is 0 Å². The Morgan fingerprint density at radius 3 is 2.84 bits per heavy atom. The Hall–Kier alpha value is -1.29. The summed E-state index contributed by atoms with van der Waals surface area (Å²) >= 11 is 0. The summed E-state index contributed by atoms with van der Waals surface area (Å²) in [6.07, 6.45) is 2.28. The van der Waals surface area contributed by atoms with Crippen LogP contribution in [-0.2, 0) is 0 Å². The molecule has 2 unspecified atom stereocenters. The molecule has 1 aliphatic rings. The van der Waals surface area contributed by atoms with Crippen LogP contribution in [0.1, 0.15) is 33.6 Å². The molecule has 1 saturated heterocycles. The molecular weight excluding hydrogens is 238 g/mol. The monoisotopic (exact) mass is 263 g/mol. The minimum absolute atomic E-state index is 0.521. The second-order valence-corrected chi connectivity index (χ2v) is 4.99. The van der Waals surface area contributed by atoms with E-state index in [1.165, 1.54) is 0 Å². The Labute approximate surface area is 116 Å². The summed E-state index contributed by atoms with van der Waals surface area (Å²) in [5.41, 5.74) is 0. The minimum atomic E-state index is 0.521. The molecule has 0 radical (unpaired) electrons. The van der Waals surface area contributed by atoms with Gasteiger partial charge in [-0.1, -0.05) is 19.9 Å². The van der Waals surface area contributed by atoms with Crippen molar-refractivity contribution >= 4 is 5.82 Å². The van der Waals surface area contributed by atoms with Gasteiger partial charge in [0.05, 0.1) is 6.61 Å². The number of piperazine rings is 1. The molecule has 2 atom stereocenters. The molecule has 0 spiro atoms. The van der Waals surface area contributed by atoms with Gasteiger partial charge < -0.3 is 15.0 Å². The highest BCUT2D eigenvalue weighted by molar-refractivity contribution is 5.43. The highest BCUT2D eigenvalue weighted by Gasteiger charge is 2.26. The molecule has 19 heavy (non-hydrogen) atoms. The third-order valence-corrected chi connectivity index (χ3v) is 3.76. The van der Waals surface area contributed by atoms with Crippen LogP contribution in [0.3, 0.4) is 0 Å². The van der Waals surface area contributed by atoms with Crippen molar-refractivity contribution in [1.82, 2.24) is 10.3 Å². The van der Waals surface area contributed by atoms with Gasteiger partial charge in [-0.05, 0) is 25.8 Å². The number of nitrogens with one attached hydrogen (secondary N) is 1. The number of rotatable bonds is 5. The Morgan fingerprint density at radius 2 is 2.16 bits per heavy atom. The van der Waals surface area contributed by atoms with Crippen LogP contribution in [0.15, 0.2) is 18.2 Å². The van der Waals surface area contributed by atoms with E-state index in [2.05, 4.69) is 35.1 Å². The van der Waals surface area contributed by atoms with E-state index < -0.39 is 0 Å². The van der Waals surface area contributed by atoms with Gasteiger partial charge in [0, 0.05) is 31.2 Å². The summed E-state index contributed by atoms with van der Waals surface area (Å²) < 4.78 is 5.51. The molecule has 0 aromatic carbocycles. The molecule has 1 aliphatic heterocycles. The normalized spacial score (nSPS) is 23.4. The van der Waals surface area contributed by atoms with E-state index in [4.69, 9.17) is 4.74 Å². The Balaban J connectivity index is 2.18. The van der Waals surface area contributed by atoms with Gasteiger partial charge in [0.15, 0.2) is 0 Å². The molecule has 0 saturated carbocycles. The zero-order valence-corrected chi connectivity index (χ0v) is 12.2. The molecule has 1 aromatic heterocycles.